The summed E-state index contributed by atoms with van der Waals surface area (Å²) in [6.07, 6.45) is 6.66. The Balaban J connectivity index is 1.52. The van der Waals surface area contributed by atoms with Crippen molar-refractivity contribution in [1.82, 2.24) is 0 Å². The van der Waals surface area contributed by atoms with Gasteiger partial charge in [0.15, 0.2) is 0 Å². The lowest BCUT2D eigenvalue weighted by Gasteiger charge is -2.65. The summed E-state index contributed by atoms with van der Waals surface area (Å²) in [5, 5.41) is 11.8. The minimum atomic E-state index is -1.11. The SMILES string of the molecule is CC(=O)O[C@@H]1C[C@]2(O)CC(=O)CC[C@]2(C)[C@H]2CC[C@@]3(C)[C@@H](CC[C@@H]3[C@]3(C)CCC(=O)O3)[C@H]12. The molecule has 1 heterocycles. The summed E-state index contributed by atoms with van der Waals surface area (Å²) in [5.74, 6) is 0.742. The molecular weight excluding hydrogens is 408 g/mol. The fourth-order valence-corrected chi connectivity index (χ4v) is 9.30. The van der Waals surface area contributed by atoms with Gasteiger partial charge < -0.3 is 14.6 Å². The predicted molar refractivity (Wildman–Crippen MR) is 116 cm³/mol. The summed E-state index contributed by atoms with van der Waals surface area (Å²) in [6.45, 7) is 8.09. The molecule has 32 heavy (non-hydrogen) atoms. The van der Waals surface area contributed by atoms with Gasteiger partial charge in [-0.1, -0.05) is 13.8 Å². The second-order valence-corrected chi connectivity index (χ2v) is 12.3. The Labute approximate surface area is 190 Å². The number of carbonyl (C=O) groups excluding carboxylic acids is 3. The molecule has 4 aliphatic carbocycles. The van der Waals surface area contributed by atoms with Crippen molar-refractivity contribution in [2.24, 2.45) is 34.5 Å². The van der Waals surface area contributed by atoms with Crippen LogP contribution in [0.1, 0.15) is 91.9 Å². The highest BCUT2D eigenvalue weighted by atomic mass is 16.6. The summed E-state index contributed by atoms with van der Waals surface area (Å²) >= 11 is 0. The molecule has 0 aromatic rings. The van der Waals surface area contributed by atoms with Crippen LogP contribution in [0.2, 0.25) is 0 Å². The maximum Gasteiger partial charge on any atom is 0.306 e. The molecule has 0 aromatic carbocycles. The van der Waals surface area contributed by atoms with Crippen LogP contribution in [0.3, 0.4) is 0 Å². The molecule has 0 unspecified atom stereocenters. The van der Waals surface area contributed by atoms with Gasteiger partial charge in [-0.25, -0.2) is 0 Å². The molecule has 178 valence electrons. The first-order valence-electron chi connectivity index (χ1n) is 12.6. The van der Waals surface area contributed by atoms with Crippen LogP contribution in [0, 0.1) is 34.5 Å². The largest absolute Gasteiger partial charge is 0.462 e. The lowest BCUT2D eigenvalue weighted by atomic mass is 9.42. The molecule has 0 bridgehead atoms. The zero-order valence-corrected chi connectivity index (χ0v) is 19.9. The van der Waals surface area contributed by atoms with Gasteiger partial charge in [0, 0.05) is 49.9 Å². The first-order valence-corrected chi connectivity index (χ1v) is 12.6. The Morgan fingerprint density at radius 2 is 1.78 bits per heavy atom. The number of fused-ring (bicyclic) bond motifs is 5. The number of ketones is 1. The summed E-state index contributed by atoms with van der Waals surface area (Å²) in [7, 11) is 0. The fourth-order valence-electron chi connectivity index (χ4n) is 9.30. The van der Waals surface area contributed by atoms with E-state index in [1.807, 2.05) is 0 Å². The van der Waals surface area contributed by atoms with Crippen LogP contribution in [0.4, 0.5) is 0 Å². The molecular formula is C26H38O6. The van der Waals surface area contributed by atoms with Crippen molar-refractivity contribution in [3.63, 3.8) is 0 Å². The second-order valence-electron chi connectivity index (χ2n) is 12.3. The van der Waals surface area contributed by atoms with Gasteiger partial charge in [0.1, 0.15) is 17.5 Å². The van der Waals surface area contributed by atoms with E-state index in [2.05, 4.69) is 20.8 Å². The number of esters is 2. The van der Waals surface area contributed by atoms with E-state index in [4.69, 9.17) is 9.47 Å². The third-order valence-electron chi connectivity index (χ3n) is 10.8. The Kier molecular flexibility index (Phi) is 4.92. The highest BCUT2D eigenvalue weighted by Gasteiger charge is 2.69. The Bertz CT molecular complexity index is 853. The number of hydrogen-bond donors (Lipinski definition) is 1. The number of ether oxygens (including phenoxy) is 2. The molecule has 5 fully saturated rings. The number of aliphatic hydroxyl groups is 1. The Morgan fingerprint density at radius 1 is 1.03 bits per heavy atom. The monoisotopic (exact) mass is 446 g/mol. The fraction of sp³-hybridized carbons (Fsp3) is 0.885. The Hall–Kier alpha value is -1.43. The average Bonchev–Trinajstić information content (AvgIpc) is 3.22. The third-order valence-corrected chi connectivity index (χ3v) is 10.8. The topological polar surface area (TPSA) is 89.9 Å². The molecule has 5 aliphatic rings. The quantitative estimate of drug-likeness (QED) is 0.646. The third kappa shape index (κ3) is 2.97. The molecule has 6 heteroatoms. The van der Waals surface area contributed by atoms with E-state index < -0.39 is 11.2 Å². The number of cyclic esters (lactones) is 1. The van der Waals surface area contributed by atoms with Crippen molar-refractivity contribution in [3.05, 3.63) is 0 Å². The van der Waals surface area contributed by atoms with E-state index in [1.165, 1.54) is 6.92 Å². The van der Waals surface area contributed by atoms with Gasteiger partial charge in [0.25, 0.3) is 0 Å². The van der Waals surface area contributed by atoms with Crippen LogP contribution in [0.5, 0.6) is 0 Å². The van der Waals surface area contributed by atoms with E-state index in [9.17, 15) is 19.5 Å². The Morgan fingerprint density at radius 3 is 2.44 bits per heavy atom. The number of rotatable bonds is 2. The molecule has 0 amide bonds. The molecule has 4 saturated carbocycles. The van der Waals surface area contributed by atoms with Crippen LogP contribution >= 0.6 is 0 Å². The molecule has 1 N–H and O–H groups in total. The number of hydrogen-bond acceptors (Lipinski definition) is 6. The van der Waals surface area contributed by atoms with Gasteiger partial charge in [-0.3, -0.25) is 14.4 Å². The van der Waals surface area contributed by atoms with E-state index in [1.54, 1.807) is 0 Å². The van der Waals surface area contributed by atoms with Crippen molar-refractivity contribution >= 4 is 17.7 Å². The molecule has 6 nitrogen and oxygen atoms in total. The molecule has 5 rings (SSSR count). The van der Waals surface area contributed by atoms with Gasteiger partial charge >= 0.3 is 11.9 Å². The predicted octanol–water partition coefficient (Wildman–Crippen LogP) is 3.97. The standard InChI is InChI=1S/C26H38O6/c1-15(27)31-19-14-26(30)13-16(28)7-11-24(26,3)18-8-10-23(2)17(22(18)19)5-6-20(23)25(4)12-9-21(29)32-25/h17-20,22,30H,5-14H2,1-4H3/t17-,18-,19+,20-,22-,23-,24+,25-,26+/m0/s1. The van der Waals surface area contributed by atoms with E-state index in [0.29, 0.717) is 37.5 Å². The zero-order valence-electron chi connectivity index (χ0n) is 19.9. The van der Waals surface area contributed by atoms with Gasteiger partial charge in [-0.15, -0.1) is 0 Å². The normalized spacial score (nSPS) is 52.6. The molecule has 9 atom stereocenters. The average molecular weight is 447 g/mol. The van der Waals surface area contributed by atoms with Crippen LogP contribution < -0.4 is 0 Å². The minimum absolute atomic E-state index is 0.00916. The molecule has 0 radical (unpaired) electrons. The summed E-state index contributed by atoms with van der Waals surface area (Å²) in [4.78, 5) is 36.4. The van der Waals surface area contributed by atoms with Crippen molar-refractivity contribution in [1.29, 1.82) is 0 Å². The smallest absolute Gasteiger partial charge is 0.306 e. The van der Waals surface area contributed by atoms with Crippen molar-refractivity contribution < 1.29 is 29.0 Å². The first kappa shape index (κ1) is 22.4. The molecule has 0 spiro atoms. The maximum absolute atomic E-state index is 12.3. The van der Waals surface area contributed by atoms with Crippen LogP contribution in [-0.2, 0) is 23.9 Å². The van der Waals surface area contributed by atoms with Crippen molar-refractivity contribution in [2.75, 3.05) is 0 Å². The second kappa shape index (κ2) is 7.04. The van der Waals surface area contributed by atoms with Gasteiger partial charge in [0.2, 0.25) is 0 Å². The molecule has 1 aliphatic heterocycles. The summed E-state index contributed by atoms with van der Waals surface area (Å²) in [6, 6.07) is 0. The number of carbonyl (C=O) groups is 3. The van der Waals surface area contributed by atoms with Gasteiger partial charge in [-0.2, -0.15) is 0 Å². The molecule has 1 saturated heterocycles. The lowest BCUT2D eigenvalue weighted by Crippen LogP contribution is -2.67. The van der Waals surface area contributed by atoms with E-state index in [-0.39, 0.29) is 52.9 Å². The minimum Gasteiger partial charge on any atom is -0.462 e. The number of Topliss-reactive ketones (excluding diaryl/α,β-unsaturated/α-hetero) is 1. The lowest BCUT2D eigenvalue weighted by molar-refractivity contribution is -0.242. The molecule has 0 aromatic heterocycles. The van der Waals surface area contributed by atoms with Crippen LogP contribution in [-0.4, -0.2) is 40.1 Å². The zero-order chi connectivity index (χ0) is 23.1. The van der Waals surface area contributed by atoms with Crippen LogP contribution in [0.25, 0.3) is 0 Å². The van der Waals surface area contributed by atoms with Crippen molar-refractivity contribution in [3.8, 4) is 0 Å². The van der Waals surface area contributed by atoms with E-state index in [0.717, 1.165) is 32.1 Å². The highest BCUT2D eigenvalue weighted by molar-refractivity contribution is 5.81. The summed E-state index contributed by atoms with van der Waals surface area (Å²) in [5.41, 5.74) is -1.86. The first-order chi connectivity index (χ1) is 14.9. The maximum atomic E-state index is 12.3. The van der Waals surface area contributed by atoms with Gasteiger partial charge in [-0.05, 0) is 62.7 Å². The van der Waals surface area contributed by atoms with Gasteiger partial charge in [0.05, 0.1) is 5.60 Å². The van der Waals surface area contributed by atoms with Crippen LogP contribution in [0.15, 0.2) is 0 Å². The summed E-state index contributed by atoms with van der Waals surface area (Å²) < 4.78 is 11.8. The van der Waals surface area contributed by atoms with E-state index >= 15 is 0 Å². The van der Waals surface area contributed by atoms with Crippen molar-refractivity contribution in [2.45, 2.75) is 109 Å². The highest BCUT2D eigenvalue weighted by Crippen LogP contribution is 2.70.